The molecule has 1 aliphatic heterocycles. The third kappa shape index (κ3) is 4.06. The Kier molecular flexibility index (Phi) is 6.00. The van der Waals surface area contributed by atoms with Crippen LogP contribution in [0, 0.1) is 6.92 Å². The lowest BCUT2D eigenvalue weighted by Gasteiger charge is -2.25. The van der Waals surface area contributed by atoms with Gasteiger partial charge in [0.1, 0.15) is 0 Å². The number of carbonyl (C=O) groups excluding carboxylic acids is 1. The van der Waals surface area contributed by atoms with E-state index in [1.54, 1.807) is 24.3 Å². The van der Waals surface area contributed by atoms with Crippen molar-refractivity contribution in [1.29, 1.82) is 0 Å². The molecule has 2 aliphatic rings. The lowest BCUT2D eigenvalue weighted by molar-refractivity contribution is 0.245. The van der Waals surface area contributed by atoms with Crippen LogP contribution in [0.3, 0.4) is 0 Å². The minimum atomic E-state index is -3.49. The minimum absolute atomic E-state index is 0.0144. The van der Waals surface area contributed by atoms with E-state index in [2.05, 4.69) is 57.5 Å². The average molecular weight is 530 g/mol. The number of nitrogens with one attached hydrogen (secondary N) is 3. The van der Waals surface area contributed by atoms with Gasteiger partial charge in [0.2, 0.25) is 10.0 Å². The summed E-state index contributed by atoms with van der Waals surface area (Å²) in [6.45, 7) is 3.13. The summed E-state index contributed by atoms with van der Waals surface area (Å²) in [5.74, 6) is 0. The summed E-state index contributed by atoms with van der Waals surface area (Å²) in [7, 11) is -2.10. The second kappa shape index (κ2) is 9.25. The smallest absolute Gasteiger partial charge is 0.322 e. The first-order chi connectivity index (χ1) is 18.3. The molecule has 3 aromatic carbocycles. The third-order valence-corrected chi connectivity index (χ3v) is 9.71. The number of benzene rings is 3. The Morgan fingerprint density at radius 3 is 2.58 bits per heavy atom. The Balaban J connectivity index is 1.27. The number of aromatic nitrogens is 2. The van der Waals surface area contributed by atoms with Crippen LogP contribution >= 0.6 is 0 Å². The lowest BCUT2D eigenvalue weighted by atomic mass is 9.79. The number of amides is 2. The van der Waals surface area contributed by atoms with Gasteiger partial charge in [0.25, 0.3) is 0 Å². The van der Waals surface area contributed by atoms with E-state index in [-0.39, 0.29) is 16.3 Å². The molecular formula is C29H31N5O3S. The van der Waals surface area contributed by atoms with Crippen LogP contribution in [-0.2, 0) is 22.0 Å². The first-order valence-electron chi connectivity index (χ1n) is 13.0. The summed E-state index contributed by atoms with van der Waals surface area (Å²) in [4.78, 5) is 15.5. The van der Waals surface area contributed by atoms with Crippen molar-refractivity contribution >= 4 is 32.6 Å². The molecule has 1 aromatic heterocycles. The van der Waals surface area contributed by atoms with Crippen LogP contribution in [0.15, 0.2) is 65.7 Å². The van der Waals surface area contributed by atoms with E-state index < -0.39 is 10.0 Å². The van der Waals surface area contributed by atoms with Crippen molar-refractivity contribution in [3.63, 3.8) is 0 Å². The summed E-state index contributed by atoms with van der Waals surface area (Å²) in [6, 6.07) is 17.1. The SMILES string of the molecule is CNS(=O)(=O)c1ccc(CNC(=O)N2CC3(CCCC3)c3cc(-c4ccc5[nH]ncc5c4C)ccc32)cc1. The number of hydrogen-bond acceptors (Lipinski definition) is 4. The Morgan fingerprint density at radius 1 is 1.08 bits per heavy atom. The van der Waals surface area contributed by atoms with E-state index in [0.717, 1.165) is 40.6 Å². The van der Waals surface area contributed by atoms with Crippen LogP contribution in [0.5, 0.6) is 0 Å². The van der Waals surface area contributed by atoms with Gasteiger partial charge < -0.3 is 5.32 Å². The molecule has 0 bridgehead atoms. The molecule has 196 valence electrons. The van der Waals surface area contributed by atoms with Crippen molar-refractivity contribution in [1.82, 2.24) is 20.2 Å². The van der Waals surface area contributed by atoms with E-state index in [1.807, 2.05) is 11.1 Å². The highest BCUT2D eigenvalue weighted by atomic mass is 32.2. The summed E-state index contributed by atoms with van der Waals surface area (Å²) in [6.07, 6.45) is 6.37. The molecular weight excluding hydrogens is 498 g/mol. The van der Waals surface area contributed by atoms with Crippen molar-refractivity contribution in [3.8, 4) is 11.1 Å². The van der Waals surface area contributed by atoms with Gasteiger partial charge in [-0.25, -0.2) is 17.9 Å². The third-order valence-electron chi connectivity index (χ3n) is 8.28. The Labute approximate surface area is 222 Å². The topological polar surface area (TPSA) is 107 Å². The normalized spacial score (nSPS) is 16.3. The van der Waals surface area contributed by atoms with Crippen LogP contribution in [0.25, 0.3) is 22.0 Å². The molecule has 2 heterocycles. The molecule has 1 saturated carbocycles. The van der Waals surface area contributed by atoms with E-state index in [9.17, 15) is 13.2 Å². The average Bonchev–Trinajstić information content (AvgIpc) is 3.68. The molecule has 0 unspecified atom stereocenters. The fourth-order valence-electron chi connectivity index (χ4n) is 6.15. The van der Waals surface area contributed by atoms with Crippen LogP contribution < -0.4 is 14.9 Å². The van der Waals surface area contributed by atoms with Gasteiger partial charge in [-0.1, -0.05) is 37.1 Å². The highest BCUT2D eigenvalue weighted by Crippen LogP contribution is 2.51. The standard InChI is InChI=1S/C29H31N5O3S/c1-19-23(10-11-26-24(19)17-32-33-26)21-7-12-27-25(15-21)29(13-3-4-14-29)18-34(27)28(35)31-16-20-5-8-22(9-6-20)38(36,37)30-2/h5-12,15,17,30H,3-4,13-14,16,18H2,1-2H3,(H,31,35)(H,32,33). The van der Waals surface area contributed by atoms with Crippen LogP contribution in [0.4, 0.5) is 10.5 Å². The Bertz CT molecular complexity index is 1640. The fourth-order valence-corrected chi connectivity index (χ4v) is 6.88. The molecule has 9 heteroatoms. The molecule has 1 fully saturated rings. The van der Waals surface area contributed by atoms with E-state index >= 15 is 0 Å². The van der Waals surface area contributed by atoms with Gasteiger partial charge in [-0.05, 0) is 85.0 Å². The van der Waals surface area contributed by atoms with Crippen molar-refractivity contribution in [2.45, 2.75) is 49.5 Å². The van der Waals surface area contributed by atoms with Crippen molar-refractivity contribution in [3.05, 3.63) is 77.5 Å². The maximum Gasteiger partial charge on any atom is 0.322 e. The number of hydrogen-bond donors (Lipinski definition) is 3. The molecule has 8 nitrogen and oxygen atoms in total. The zero-order chi connectivity index (χ0) is 26.5. The molecule has 38 heavy (non-hydrogen) atoms. The number of urea groups is 1. The fraction of sp³-hybridized carbons (Fsp3) is 0.310. The predicted octanol–water partition coefficient (Wildman–Crippen LogP) is 4.99. The van der Waals surface area contributed by atoms with Crippen molar-refractivity contribution in [2.75, 3.05) is 18.5 Å². The number of rotatable bonds is 5. The summed E-state index contributed by atoms with van der Waals surface area (Å²) < 4.78 is 26.3. The van der Waals surface area contributed by atoms with Gasteiger partial charge in [0, 0.05) is 29.6 Å². The van der Waals surface area contributed by atoms with E-state index in [4.69, 9.17) is 0 Å². The molecule has 4 aromatic rings. The molecule has 0 saturated heterocycles. The van der Waals surface area contributed by atoms with Crippen molar-refractivity contribution < 1.29 is 13.2 Å². The van der Waals surface area contributed by atoms with Gasteiger partial charge in [0.05, 0.1) is 16.6 Å². The van der Waals surface area contributed by atoms with Crippen LogP contribution in [-0.4, -0.2) is 38.2 Å². The first kappa shape index (κ1) is 24.6. The lowest BCUT2D eigenvalue weighted by Crippen LogP contribution is -2.41. The number of aryl methyl sites for hydroxylation is 1. The number of nitrogens with zero attached hydrogens (tertiary/aromatic N) is 2. The van der Waals surface area contributed by atoms with E-state index in [1.165, 1.54) is 36.6 Å². The van der Waals surface area contributed by atoms with Gasteiger partial charge in [0.15, 0.2) is 0 Å². The molecule has 1 spiro atoms. The summed E-state index contributed by atoms with van der Waals surface area (Å²) in [5, 5.41) is 11.4. The number of carbonyl (C=O) groups is 1. The molecule has 2 amide bonds. The Hall–Kier alpha value is -3.69. The second-order valence-corrected chi connectivity index (χ2v) is 12.3. The van der Waals surface area contributed by atoms with Gasteiger partial charge >= 0.3 is 6.03 Å². The quantitative estimate of drug-likeness (QED) is 0.339. The number of anilines is 1. The monoisotopic (exact) mass is 529 g/mol. The maximum atomic E-state index is 13.4. The van der Waals surface area contributed by atoms with Gasteiger partial charge in [-0.3, -0.25) is 10.00 Å². The molecule has 0 radical (unpaired) electrons. The molecule has 0 atom stereocenters. The van der Waals surface area contributed by atoms with Gasteiger partial charge in [-0.2, -0.15) is 5.10 Å². The van der Waals surface area contributed by atoms with E-state index in [0.29, 0.717) is 13.1 Å². The predicted molar refractivity (Wildman–Crippen MR) is 149 cm³/mol. The molecule has 6 rings (SSSR count). The highest BCUT2D eigenvalue weighted by molar-refractivity contribution is 7.89. The highest BCUT2D eigenvalue weighted by Gasteiger charge is 2.46. The van der Waals surface area contributed by atoms with Crippen LogP contribution in [0.2, 0.25) is 0 Å². The van der Waals surface area contributed by atoms with Crippen molar-refractivity contribution in [2.24, 2.45) is 0 Å². The zero-order valence-corrected chi connectivity index (χ0v) is 22.4. The first-order valence-corrected chi connectivity index (χ1v) is 14.5. The molecule has 1 aliphatic carbocycles. The Morgan fingerprint density at radius 2 is 1.84 bits per heavy atom. The largest absolute Gasteiger partial charge is 0.334 e. The summed E-state index contributed by atoms with van der Waals surface area (Å²) >= 11 is 0. The van der Waals surface area contributed by atoms with Gasteiger partial charge in [-0.15, -0.1) is 0 Å². The zero-order valence-electron chi connectivity index (χ0n) is 21.5. The number of aromatic amines is 1. The number of sulfonamides is 1. The second-order valence-electron chi connectivity index (χ2n) is 10.4. The minimum Gasteiger partial charge on any atom is -0.334 e. The number of H-pyrrole nitrogens is 1. The van der Waals surface area contributed by atoms with Crippen LogP contribution in [0.1, 0.15) is 42.4 Å². The summed E-state index contributed by atoms with van der Waals surface area (Å²) in [5.41, 5.74) is 7.62. The maximum absolute atomic E-state index is 13.4. The molecule has 3 N–H and O–H groups in total. The number of fused-ring (bicyclic) bond motifs is 3.